The van der Waals surface area contributed by atoms with E-state index in [1.165, 1.54) is 36.9 Å². The number of likely N-dealkylation sites (tertiary alicyclic amines) is 1. The van der Waals surface area contributed by atoms with Gasteiger partial charge in [-0.2, -0.15) is 0 Å². The summed E-state index contributed by atoms with van der Waals surface area (Å²) in [6.07, 6.45) is 6.93. The molecule has 146 valence electrons. The Bertz CT molecular complexity index is 559. The van der Waals surface area contributed by atoms with Gasteiger partial charge in [-0.15, -0.1) is 0 Å². The normalized spacial score (nSPS) is 16.7. The summed E-state index contributed by atoms with van der Waals surface area (Å²) in [5.41, 5.74) is 2.55. The van der Waals surface area contributed by atoms with E-state index in [-0.39, 0.29) is 6.54 Å². The molecule has 0 saturated carbocycles. The Morgan fingerprint density at radius 3 is 2.88 bits per heavy atom. The van der Waals surface area contributed by atoms with Crippen molar-refractivity contribution in [2.45, 2.75) is 58.4 Å². The number of nitrogens with zero attached hydrogens (tertiary/aromatic N) is 2. The lowest BCUT2D eigenvalue weighted by Gasteiger charge is -2.38. The second kappa shape index (κ2) is 11.1. The molecule has 1 fully saturated rings. The number of pyridine rings is 1. The van der Waals surface area contributed by atoms with Crippen LogP contribution < -0.4 is 10.6 Å². The van der Waals surface area contributed by atoms with E-state index in [9.17, 15) is 4.79 Å². The summed E-state index contributed by atoms with van der Waals surface area (Å²) in [7, 11) is 0. The van der Waals surface area contributed by atoms with E-state index in [2.05, 4.69) is 22.8 Å². The van der Waals surface area contributed by atoms with E-state index in [1.807, 2.05) is 18.7 Å². The third-order valence-electron chi connectivity index (χ3n) is 4.81. The number of carboxylic acids is 1. The van der Waals surface area contributed by atoms with Crippen LogP contribution >= 0.6 is 0 Å². The van der Waals surface area contributed by atoms with Crippen molar-refractivity contribution in [2.24, 2.45) is 0 Å². The summed E-state index contributed by atoms with van der Waals surface area (Å²) in [6, 6.07) is 4.87. The maximum atomic E-state index is 10.6. The van der Waals surface area contributed by atoms with Crippen molar-refractivity contribution in [2.75, 3.05) is 38.0 Å². The molecule has 6 heteroatoms. The average molecular weight is 363 g/mol. The first-order valence-electron chi connectivity index (χ1n) is 10.1. The van der Waals surface area contributed by atoms with Crippen molar-refractivity contribution >= 4 is 11.8 Å². The number of aryl methyl sites for hydroxylation is 2. The van der Waals surface area contributed by atoms with E-state index in [1.54, 1.807) is 0 Å². The molecule has 3 rings (SSSR count). The highest BCUT2D eigenvalue weighted by atomic mass is 16.4. The predicted molar refractivity (Wildman–Crippen MR) is 106 cm³/mol. The van der Waals surface area contributed by atoms with Crippen molar-refractivity contribution in [1.29, 1.82) is 0 Å². The van der Waals surface area contributed by atoms with Crippen LogP contribution in [0.3, 0.4) is 0 Å². The van der Waals surface area contributed by atoms with Gasteiger partial charge in [-0.1, -0.05) is 26.3 Å². The molecule has 2 aliphatic rings. The number of fused-ring (bicyclic) bond motifs is 1. The van der Waals surface area contributed by atoms with Gasteiger partial charge in [0.15, 0.2) is 0 Å². The van der Waals surface area contributed by atoms with E-state index in [4.69, 9.17) is 10.1 Å². The van der Waals surface area contributed by atoms with Crippen LogP contribution in [-0.4, -0.2) is 59.7 Å². The third-order valence-corrected chi connectivity index (χ3v) is 4.81. The molecule has 0 amide bonds. The largest absolute Gasteiger partial charge is 0.480 e. The molecule has 0 bridgehead atoms. The van der Waals surface area contributed by atoms with Crippen LogP contribution in [0, 0.1) is 0 Å². The maximum Gasteiger partial charge on any atom is 0.317 e. The number of carbonyl (C=O) groups is 1. The molecule has 0 aromatic carbocycles. The van der Waals surface area contributed by atoms with Gasteiger partial charge in [-0.25, -0.2) is 4.98 Å². The number of unbranched alkanes of at least 4 members (excludes halogenated alkanes) is 2. The summed E-state index contributed by atoms with van der Waals surface area (Å²) < 4.78 is 0. The van der Waals surface area contributed by atoms with Gasteiger partial charge in [0.05, 0.1) is 6.54 Å². The summed E-state index contributed by atoms with van der Waals surface area (Å²) >= 11 is 0. The summed E-state index contributed by atoms with van der Waals surface area (Å²) in [6.45, 7) is 7.95. The number of nitrogens with one attached hydrogen (secondary N) is 2. The number of aliphatic carboxylic acids is 1. The Kier molecular flexibility index (Phi) is 8.85. The van der Waals surface area contributed by atoms with Crippen LogP contribution in [0.4, 0.5) is 5.82 Å². The number of aromatic nitrogens is 1. The Balaban J connectivity index is 0.00000117. The SMILES string of the molecule is CC.O=C(O)CN1CC(NCCCCCc2ccc3c(n2)NCCC3)C1. The van der Waals surface area contributed by atoms with Crippen LogP contribution in [0.2, 0.25) is 0 Å². The van der Waals surface area contributed by atoms with Crippen LogP contribution in [0.1, 0.15) is 50.8 Å². The van der Waals surface area contributed by atoms with E-state index >= 15 is 0 Å². The smallest absolute Gasteiger partial charge is 0.317 e. The van der Waals surface area contributed by atoms with Crippen LogP contribution in [0.15, 0.2) is 12.1 Å². The summed E-state index contributed by atoms with van der Waals surface area (Å²) in [5.74, 6) is 0.357. The molecule has 0 aliphatic carbocycles. The molecule has 3 heterocycles. The molecule has 1 saturated heterocycles. The number of hydrogen-bond acceptors (Lipinski definition) is 5. The van der Waals surface area contributed by atoms with Crippen molar-refractivity contribution < 1.29 is 9.90 Å². The molecule has 1 aromatic rings. The minimum Gasteiger partial charge on any atom is -0.480 e. The van der Waals surface area contributed by atoms with Gasteiger partial charge in [0.25, 0.3) is 0 Å². The number of hydrogen-bond donors (Lipinski definition) is 3. The fourth-order valence-electron chi connectivity index (χ4n) is 3.44. The molecular formula is C20H34N4O2. The number of carboxylic acid groups (broad SMARTS) is 1. The Hall–Kier alpha value is -1.66. The molecule has 0 unspecified atom stereocenters. The van der Waals surface area contributed by atoms with Crippen molar-refractivity contribution in [1.82, 2.24) is 15.2 Å². The fourth-order valence-corrected chi connectivity index (χ4v) is 3.44. The van der Waals surface area contributed by atoms with Gasteiger partial charge in [-0.3, -0.25) is 9.69 Å². The molecule has 2 aliphatic heterocycles. The van der Waals surface area contributed by atoms with E-state index in [0.29, 0.717) is 6.04 Å². The maximum absolute atomic E-state index is 10.6. The lowest BCUT2D eigenvalue weighted by molar-refractivity contribution is -0.139. The highest BCUT2D eigenvalue weighted by Gasteiger charge is 2.26. The van der Waals surface area contributed by atoms with Crippen LogP contribution in [-0.2, 0) is 17.6 Å². The van der Waals surface area contributed by atoms with Gasteiger partial charge in [-0.05, 0) is 50.3 Å². The van der Waals surface area contributed by atoms with Crippen LogP contribution in [0.25, 0.3) is 0 Å². The van der Waals surface area contributed by atoms with Crippen LogP contribution in [0.5, 0.6) is 0 Å². The Morgan fingerprint density at radius 1 is 1.31 bits per heavy atom. The zero-order valence-corrected chi connectivity index (χ0v) is 16.3. The second-order valence-corrected chi connectivity index (χ2v) is 6.89. The van der Waals surface area contributed by atoms with Gasteiger partial charge in [0.2, 0.25) is 0 Å². The molecule has 0 atom stereocenters. The first kappa shape index (κ1) is 20.6. The average Bonchev–Trinajstić information content (AvgIpc) is 2.63. The number of anilines is 1. The highest BCUT2D eigenvalue weighted by Crippen LogP contribution is 2.20. The summed E-state index contributed by atoms with van der Waals surface area (Å²) in [4.78, 5) is 17.3. The lowest BCUT2D eigenvalue weighted by Crippen LogP contribution is -2.59. The Morgan fingerprint density at radius 2 is 2.12 bits per heavy atom. The summed E-state index contributed by atoms with van der Waals surface area (Å²) in [5, 5.41) is 15.6. The van der Waals surface area contributed by atoms with Crippen molar-refractivity contribution in [3.63, 3.8) is 0 Å². The van der Waals surface area contributed by atoms with E-state index in [0.717, 1.165) is 44.8 Å². The van der Waals surface area contributed by atoms with Gasteiger partial charge in [0, 0.05) is 31.4 Å². The zero-order chi connectivity index (χ0) is 18.8. The van der Waals surface area contributed by atoms with Crippen molar-refractivity contribution in [3.8, 4) is 0 Å². The quantitative estimate of drug-likeness (QED) is 0.586. The molecule has 6 nitrogen and oxygen atoms in total. The van der Waals surface area contributed by atoms with E-state index < -0.39 is 5.97 Å². The zero-order valence-electron chi connectivity index (χ0n) is 16.3. The van der Waals surface area contributed by atoms with Gasteiger partial charge >= 0.3 is 5.97 Å². The van der Waals surface area contributed by atoms with Crippen molar-refractivity contribution in [3.05, 3.63) is 23.4 Å². The Labute approximate surface area is 157 Å². The second-order valence-electron chi connectivity index (χ2n) is 6.89. The first-order valence-corrected chi connectivity index (χ1v) is 10.1. The van der Waals surface area contributed by atoms with Gasteiger partial charge < -0.3 is 15.7 Å². The molecule has 1 aromatic heterocycles. The topological polar surface area (TPSA) is 77.5 Å². The molecule has 0 radical (unpaired) electrons. The molecule has 26 heavy (non-hydrogen) atoms. The minimum atomic E-state index is -0.737. The molecular weight excluding hydrogens is 328 g/mol. The van der Waals surface area contributed by atoms with Gasteiger partial charge in [0.1, 0.15) is 5.82 Å². The standard InChI is InChI=1S/C18H28N4O2.C2H6/c23-17(24)13-22-11-16(12-22)19-9-3-1-2-6-15-8-7-14-5-4-10-20-18(14)21-15;1-2/h7-8,16,19H,1-6,9-13H2,(H,20,21)(H,23,24);1-2H3. The third kappa shape index (κ3) is 6.57. The highest BCUT2D eigenvalue weighted by molar-refractivity contribution is 5.69. The molecule has 3 N–H and O–H groups in total. The molecule has 0 spiro atoms. The first-order chi connectivity index (χ1) is 12.7. The lowest BCUT2D eigenvalue weighted by atomic mass is 10.1. The number of rotatable bonds is 9. The fraction of sp³-hybridized carbons (Fsp3) is 0.700. The predicted octanol–water partition coefficient (Wildman–Crippen LogP) is 2.54. The monoisotopic (exact) mass is 362 g/mol. The minimum absolute atomic E-state index is 0.167.